The molecule has 1 aromatic heterocycles. The zero-order valence-corrected chi connectivity index (χ0v) is 14.0. The van der Waals surface area contributed by atoms with Crippen molar-refractivity contribution in [3.05, 3.63) is 22.8 Å². The number of rotatable bonds is 8. The zero-order valence-electron chi connectivity index (χ0n) is 14.0. The summed E-state index contributed by atoms with van der Waals surface area (Å²) < 4.78 is 0. The maximum Gasteiger partial charge on any atom is 0.130 e. The second kappa shape index (κ2) is 8.32. The quantitative estimate of drug-likeness (QED) is 0.738. The van der Waals surface area contributed by atoms with Crippen LogP contribution in [0.25, 0.3) is 0 Å². The average molecular weight is 278 g/mol. The molecule has 1 heterocycles. The van der Waals surface area contributed by atoms with Crippen molar-refractivity contribution in [2.45, 2.75) is 40.5 Å². The Morgan fingerprint density at radius 1 is 1.05 bits per heavy atom. The second-order valence-electron chi connectivity index (χ2n) is 6.19. The molecule has 1 rings (SSSR count). The Morgan fingerprint density at radius 3 is 2.15 bits per heavy atom. The van der Waals surface area contributed by atoms with Crippen molar-refractivity contribution in [1.29, 1.82) is 0 Å². The van der Waals surface area contributed by atoms with Crippen molar-refractivity contribution in [3.8, 4) is 0 Å². The minimum Gasteiger partial charge on any atom is -0.316 e. The SMILES string of the molecule is Cc1nc(CCN(C)C)nc(C)c1CCNCC(C)C. The van der Waals surface area contributed by atoms with Gasteiger partial charge in [0.05, 0.1) is 0 Å². The van der Waals surface area contributed by atoms with Gasteiger partial charge >= 0.3 is 0 Å². The van der Waals surface area contributed by atoms with Gasteiger partial charge in [-0.15, -0.1) is 0 Å². The van der Waals surface area contributed by atoms with Crippen molar-refractivity contribution in [2.24, 2.45) is 5.92 Å². The lowest BCUT2D eigenvalue weighted by molar-refractivity contribution is 0.409. The average Bonchev–Trinajstić information content (AvgIpc) is 2.34. The third kappa shape index (κ3) is 5.97. The predicted molar refractivity (Wildman–Crippen MR) is 85.2 cm³/mol. The summed E-state index contributed by atoms with van der Waals surface area (Å²) >= 11 is 0. The van der Waals surface area contributed by atoms with Crippen LogP contribution >= 0.6 is 0 Å². The van der Waals surface area contributed by atoms with Crippen molar-refractivity contribution >= 4 is 0 Å². The first-order valence-electron chi connectivity index (χ1n) is 7.58. The fourth-order valence-electron chi connectivity index (χ4n) is 2.21. The first-order valence-corrected chi connectivity index (χ1v) is 7.58. The number of aromatic nitrogens is 2. The Bertz CT molecular complexity index is 390. The van der Waals surface area contributed by atoms with Gasteiger partial charge in [-0.25, -0.2) is 9.97 Å². The van der Waals surface area contributed by atoms with Crippen LogP contribution in [-0.2, 0) is 12.8 Å². The first-order chi connectivity index (χ1) is 9.40. The van der Waals surface area contributed by atoms with Gasteiger partial charge in [-0.2, -0.15) is 0 Å². The lowest BCUT2D eigenvalue weighted by Gasteiger charge is -2.13. The molecule has 0 unspecified atom stereocenters. The lowest BCUT2D eigenvalue weighted by Crippen LogP contribution is -2.23. The molecular formula is C16H30N4. The van der Waals surface area contributed by atoms with E-state index in [1.807, 2.05) is 0 Å². The van der Waals surface area contributed by atoms with Crippen LogP contribution in [0.1, 0.15) is 36.6 Å². The summed E-state index contributed by atoms with van der Waals surface area (Å²) in [6.45, 7) is 11.7. The van der Waals surface area contributed by atoms with E-state index in [0.717, 1.165) is 49.7 Å². The Hall–Kier alpha value is -1.00. The van der Waals surface area contributed by atoms with Gasteiger partial charge in [-0.1, -0.05) is 13.8 Å². The summed E-state index contributed by atoms with van der Waals surface area (Å²) in [6, 6.07) is 0. The molecule has 0 saturated heterocycles. The van der Waals surface area contributed by atoms with E-state index in [4.69, 9.17) is 0 Å². The molecule has 114 valence electrons. The van der Waals surface area contributed by atoms with E-state index >= 15 is 0 Å². The van der Waals surface area contributed by atoms with Crippen LogP contribution < -0.4 is 5.32 Å². The van der Waals surface area contributed by atoms with E-state index in [2.05, 4.69) is 62.0 Å². The second-order valence-corrected chi connectivity index (χ2v) is 6.19. The van der Waals surface area contributed by atoms with Crippen molar-refractivity contribution < 1.29 is 0 Å². The van der Waals surface area contributed by atoms with Crippen LogP contribution in [0.15, 0.2) is 0 Å². The molecule has 0 amide bonds. The standard InChI is InChI=1S/C16H30N4/c1-12(2)11-17-9-7-15-13(3)18-16(19-14(15)4)8-10-20(5)6/h12,17H,7-11H2,1-6H3. The molecule has 0 aliphatic carbocycles. The zero-order chi connectivity index (χ0) is 15.1. The summed E-state index contributed by atoms with van der Waals surface area (Å²) in [5, 5.41) is 3.48. The fourth-order valence-corrected chi connectivity index (χ4v) is 2.21. The van der Waals surface area contributed by atoms with Gasteiger partial charge in [-0.05, 0) is 58.9 Å². The molecule has 0 bridgehead atoms. The van der Waals surface area contributed by atoms with E-state index < -0.39 is 0 Å². The van der Waals surface area contributed by atoms with Gasteiger partial charge in [-0.3, -0.25) is 0 Å². The minimum absolute atomic E-state index is 0.696. The topological polar surface area (TPSA) is 41.1 Å². The maximum absolute atomic E-state index is 4.65. The summed E-state index contributed by atoms with van der Waals surface area (Å²) in [7, 11) is 4.16. The van der Waals surface area contributed by atoms with Gasteiger partial charge < -0.3 is 10.2 Å². The third-order valence-corrected chi connectivity index (χ3v) is 3.35. The van der Waals surface area contributed by atoms with Crippen molar-refractivity contribution in [2.75, 3.05) is 33.7 Å². The van der Waals surface area contributed by atoms with E-state index in [1.165, 1.54) is 5.56 Å². The van der Waals surface area contributed by atoms with Gasteiger partial charge in [0.2, 0.25) is 0 Å². The minimum atomic E-state index is 0.696. The molecule has 1 N–H and O–H groups in total. The Labute approximate surface area is 124 Å². The molecular weight excluding hydrogens is 248 g/mol. The summed E-state index contributed by atoms with van der Waals surface area (Å²) in [5.41, 5.74) is 3.57. The highest BCUT2D eigenvalue weighted by Crippen LogP contribution is 2.11. The molecule has 0 aromatic carbocycles. The number of nitrogens with zero attached hydrogens (tertiary/aromatic N) is 3. The Kier molecular flexibility index (Phi) is 7.10. The van der Waals surface area contributed by atoms with Gasteiger partial charge in [0.25, 0.3) is 0 Å². The van der Waals surface area contributed by atoms with E-state index in [0.29, 0.717) is 5.92 Å². The van der Waals surface area contributed by atoms with Crippen molar-refractivity contribution in [3.63, 3.8) is 0 Å². The highest BCUT2D eigenvalue weighted by atomic mass is 15.1. The third-order valence-electron chi connectivity index (χ3n) is 3.35. The van der Waals surface area contributed by atoms with Gasteiger partial charge in [0.1, 0.15) is 5.82 Å². The molecule has 0 saturated carbocycles. The molecule has 4 nitrogen and oxygen atoms in total. The molecule has 0 aliphatic heterocycles. The normalized spacial score (nSPS) is 11.6. The van der Waals surface area contributed by atoms with Crippen LogP contribution in [0, 0.1) is 19.8 Å². The summed E-state index contributed by atoms with van der Waals surface area (Å²) in [5.74, 6) is 1.66. The smallest absolute Gasteiger partial charge is 0.130 e. The summed E-state index contributed by atoms with van der Waals surface area (Å²) in [6.07, 6.45) is 1.93. The van der Waals surface area contributed by atoms with Crippen LogP contribution in [-0.4, -0.2) is 48.6 Å². The molecule has 0 aliphatic rings. The Balaban J connectivity index is 2.59. The summed E-state index contributed by atoms with van der Waals surface area (Å²) in [4.78, 5) is 11.5. The van der Waals surface area contributed by atoms with E-state index in [1.54, 1.807) is 0 Å². The molecule has 0 radical (unpaired) electrons. The highest BCUT2D eigenvalue weighted by molar-refractivity contribution is 5.24. The highest BCUT2D eigenvalue weighted by Gasteiger charge is 2.08. The van der Waals surface area contributed by atoms with E-state index in [9.17, 15) is 0 Å². The first kappa shape index (κ1) is 17.1. The van der Waals surface area contributed by atoms with Crippen LogP contribution in [0.2, 0.25) is 0 Å². The van der Waals surface area contributed by atoms with Crippen LogP contribution in [0.4, 0.5) is 0 Å². The van der Waals surface area contributed by atoms with E-state index in [-0.39, 0.29) is 0 Å². The van der Waals surface area contributed by atoms with Gasteiger partial charge in [0.15, 0.2) is 0 Å². The number of hydrogen-bond donors (Lipinski definition) is 1. The fraction of sp³-hybridized carbons (Fsp3) is 0.750. The van der Waals surface area contributed by atoms with Crippen LogP contribution in [0.5, 0.6) is 0 Å². The number of nitrogens with one attached hydrogen (secondary N) is 1. The number of hydrogen-bond acceptors (Lipinski definition) is 4. The molecule has 20 heavy (non-hydrogen) atoms. The molecule has 0 atom stereocenters. The number of likely N-dealkylation sites (N-methyl/N-ethyl adjacent to an activating group) is 1. The number of aryl methyl sites for hydroxylation is 2. The Morgan fingerprint density at radius 2 is 1.65 bits per heavy atom. The monoisotopic (exact) mass is 278 g/mol. The maximum atomic E-state index is 4.65. The predicted octanol–water partition coefficient (Wildman–Crippen LogP) is 1.99. The largest absolute Gasteiger partial charge is 0.316 e. The molecule has 0 fully saturated rings. The molecule has 1 aromatic rings. The lowest BCUT2D eigenvalue weighted by atomic mass is 10.1. The molecule has 4 heteroatoms. The van der Waals surface area contributed by atoms with Crippen molar-refractivity contribution in [1.82, 2.24) is 20.2 Å². The van der Waals surface area contributed by atoms with Crippen LogP contribution in [0.3, 0.4) is 0 Å². The molecule has 0 spiro atoms. The van der Waals surface area contributed by atoms with Gasteiger partial charge in [0, 0.05) is 24.4 Å².